The molecule has 1 saturated heterocycles. The fourth-order valence-corrected chi connectivity index (χ4v) is 1.86. The largest absolute Gasteiger partial charge is 0.340 e. The van der Waals surface area contributed by atoms with Crippen LogP contribution in [0.25, 0.3) is 0 Å². The van der Waals surface area contributed by atoms with E-state index in [1.165, 1.54) is 12.8 Å². The Morgan fingerprint density at radius 3 is 2.93 bits per heavy atom. The predicted octanol–water partition coefficient (Wildman–Crippen LogP) is 0.262. The highest BCUT2D eigenvalue weighted by atomic mass is 16.5. The molecule has 5 heteroatoms. The summed E-state index contributed by atoms with van der Waals surface area (Å²) in [5.41, 5.74) is 0. The lowest BCUT2D eigenvalue weighted by Gasteiger charge is -2.23. The maximum Gasteiger partial charge on any atom is 0.223 e. The highest BCUT2D eigenvalue weighted by Gasteiger charge is 2.11. The number of nitrogens with zero attached hydrogens (tertiary/aromatic N) is 2. The van der Waals surface area contributed by atoms with Crippen molar-refractivity contribution < 1.29 is 4.52 Å². The molecule has 15 heavy (non-hydrogen) atoms. The van der Waals surface area contributed by atoms with E-state index >= 15 is 0 Å². The summed E-state index contributed by atoms with van der Waals surface area (Å²) in [6.45, 7) is 5.00. The minimum atomic E-state index is 0.645. The van der Waals surface area contributed by atoms with Crippen LogP contribution in [0.3, 0.4) is 0 Å². The lowest BCUT2D eigenvalue weighted by atomic mass is 10.1. The number of nitrogens with one attached hydrogen (secondary N) is 2. The Hall–Kier alpha value is -0.940. The molecule has 1 fully saturated rings. The van der Waals surface area contributed by atoms with Gasteiger partial charge in [0.05, 0.1) is 0 Å². The molecule has 0 aromatic carbocycles. The number of hydrogen-bond acceptors (Lipinski definition) is 5. The van der Waals surface area contributed by atoms with Crippen LogP contribution in [-0.4, -0.2) is 35.8 Å². The van der Waals surface area contributed by atoms with E-state index in [-0.39, 0.29) is 0 Å². The first-order valence-electron chi connectivity index (χ1n) is 5.58. The number of rotatable bonds is 4. The molecule has 0 unspecified atom stereocenters. The number of hydrogen-bond donors (Lipinski definition) is 2. The zero-order chi connectivity index (χ0) is 10.5. The first kappa shape index (κ1) is 10.6. The highest BCUT2D eigenvalue weighted by molar-refractivity contribution is 4.85. The van der Waals surface area contributed by atoms with Gasteiger partial charge in [0.1, 0.15) is 0 Å². The molecule has 1 aliphatic heterocycles. The summed E-state index contributed by atoms with van der Waals surface area (Å²) in [6, 6.07) is 0.652. The van der Waals surface area contributed by atoms with Gasteiger partial charge in [0, 0.05) is 25.9 Å². The van der Waals surface area contributed by atoms with E-state index in [0.29, 0.717) is 11.9 Å². The first-order chi connectivity index (χ1) is 7.34. The molecule has 2 heterocycles. The third kappa shape index (κ3) is 3.28. The van der Waals surface area contributed by atoms with Crippen LogP contribution in [0.4, 0.5) is 0 Å². The van der Waals surface area contributed by atoms with Crippen LogP contribution >= 0.6 is 0 Å². The van der Waals surface area contributed by atoms with Crippen molar-refractivity contribution in [2.45, 2.75) is 32.2 Å². The fraction of sp³-hybridized carbons (Fsp3) is 0.800. The summed E-state index contributed by atoms with van der Waals surface area (Å²) in [5, 5.41) is 10.7. The van der Waals surface area contributed by atoms with Gasteiger partial charge in [-0.15, -0.1) is 0 Å². The van der Waals surface area contributed by atoms with Gasteiger partial charge in [0.2, 0.25) is 5.89 Å². The van der Waals surface area contributed by atoms with E-state index in [9.17, 15) is 0 Å². The molecule has 0 atom stereocenters. The summed E-state index contributed by atoms with van der Waals surface area (Å²) in [6.07, 6.45) is 3.28. The molecule has 1 aromatic heterocycles. The van der Waals surface area contributed by atoms with Crippen LogP contribution in [0.15, 0.2) is 4.52 Å². The molecule has 0 spiro atoms. The highest BCUT2D eigenvalue weighted by Crippen LogP contribution is 2.02. The number of piperidine rings is 1. The summed E-state index contributed by atoms with van der Waals surface area (Å²) >= 11 is 0. The van der Waals surface area contributed by atoms with Gasteiger partial charge in [0.15, 0.2) is 5.82 Å². The smallest absolute Gasteiger partial charge is 0.223 e. The van der Waals surface area contributed by atoms with Gasteiger partial charge in [-0.25, -0.2) is 0 Å². The summed E-state index contributed by atoms with van der Waals surface area (Å²) in [5.74, 6) is 1.45. The van der Waals surface area contributed by atoms with Crippen molar-refractivity contribution >= 4 is 0 Å². The van der Waals surface area contributed by atoms with Crippen molar-refractivity contribution in [3.63, 3.8) is 0 Å². The maximum absolute atomic E-state index is 4.91. The van der Waals surface area contributed by atoms with Gasteiger partial charge >= 0.3 is 0 Å². The predicted molar refractivity (Wildman–Crippen MR) is 56.6 cm³/mol. The molecule has 0 radical (unpaired) electrons. The third-order valence-corrected chi connectivity index (χ3v) is 2.69. The summed E-state index contributed by atoms with van der Waals surface area (Å²) in [4.78, 5) is 4.16. The molecule has 0 bridgehead atoms. The average Bonchev–Trinajstić information content (AvgIpc) is 2.66. The quantitative estimate of drug-likeness (QED) is 0.746. The van der Waals surface area contributed by atoms with Crippen LogP contribution in [0, 0.1) is 6.92 Å². The van der Waals surface area contributed by atoms with Crippen LogP contribution in [-0.2, 0) is 6.42 Å². The van der Waals surface area contributed by atoms with Crippen molar-refractivity contribution in [1.29, 1.82) is 0 Å². The standard InChI is InChI=1S/C10H18N4O/c1-8-13-10(14-15-8)4-7-12-9-2-5-11-6-3-9/h9,11-12H,2-7H2,1H3. The second-order valence-corrected chi connectivity index (χ2v) is 3.96. The average molecular weight is 210 g/mol. The lowest BCUT2D eigenvalue weighted by Crippen LogP contribution is -2.40. The molecule has 0 saturated carbocycles. The van der Waals surface area contributed by atoms with Gasteiger partial charge in [-0.05, 0) is 25.9 Å². The number of aromatic nitrogens is 2. The van der Waals surface area contributed by atoms with E-state index in [1.807, 2.05) is 6.92 Å². The van der Waals surface area contributed by atoms with E-state index in [2.05, 4.69) is 20.8 Å². The normalized spacial score (nSPS) is 18.2. The van der Waals surface area contributed by atoms with Gasteiger partial charge < -0.3 is 15.2 Å². The molecule has 1 aromatic rings. The van der Waals surface area contributed by atoms with Gasteiger partial charge in [-0.3, -0.25) is 0 Å². The van der Waals surface area contributed by atoms with Crippen molar-refractivity contribution in [3.05, 3.63) is 11.7 Å². The Labute approximate surface area is 89.6 Å². The Morgan fingerprint density at radius 1 is 1.47 bits per heavy atom. The summed E-state index contributed by atoms with van der Waals surface area (Å²) < 4.78 is 4.91. The maximum atomic E-state index is 4.91. The minimum absolute atomic E-state index is 0.645. The van der Waals surface area contributed by atoms with Crippen LogP contribution < -0.4 is 10.6 Å². The molecular weight excluding hydrogens is 192 g/mol. The third-order valence-electron chi connectivity index (χ3n) is 2.69. The van der Waals surface area contributed by atoms with E-state index < -0.39 is 0 Å². The van der Waals surface area contributed by atoms with E-state index in [4.69, 9.17) is 4.52 Å². The van der Waals surface area contributed by atoms with Gasteiger partial charge in [0.25, 0.3) is 0 Å². The molecule has 5 nitrogen and oxygen atoms in total. The molecule has 0 amide bonds. The van der Waals surface area contributed by atoms with Crippen molar-refractivity contribution in [1.82, 2.24) is 20.8 Å². The van der Waals surface area contributed by atoms with E-state index in [1.54, 1.807) is 0 Å². The van der Waals surface area contributed by atoms with Crippen molar-refractivity contribution in [2.75, 3.05) is 19.6 Å². The topological polar surface area (TPSA) is 63.0 Å². The second-order valence-electron chi connectivity index (χ2n) is 3.96. The Balaban J connectivity index is 1.65. The van der Waals surface area contributed by atoms with E-state index in [0.717, 1.165) is 31.9 Å². The van der Waals surface area contributed by atoms with Crippen molar-refractivity contribution in [3.8, 4) is 0 Å². The minimum Gasteiger partial charge on any atom is -0.340 e. The Morgan fingerprint density at radius 2 is 2.27 bits per heavy atom. The zero-order valence-electron chi connectivity index (χ0n) is 9.12. The fourth-order valence-electron chi connectivity index (χ4n) is 1.86. The SMILES string of the molecule is Cc1nc(CCNC2CCNCC2)no1. The van der Waals surface area contributed by atoms with Crippen LogP contribution in [0.2, 0.25) is 0 Å². The van der Waals surface area contributed by atoms with Crippen LogP contribution in [0.1, 0.15) is 24.6 Å². The first-order valence-corrected chi connectivity index (χ1v) is 5.58. The molecule has 1 aliphatic rings. The Bertz CT molecular complexity index is 293. The lowest BCUT2D eigenvalue weighted by molar-refractivity contribution is 0.377. The molecule has 84 valence electrons. The van der Waals surface area contributed by atoms with Crippen LogP contribution in [0.5, 0.6) is 0 Å². The summed E-state index contributed by atoms with van der Waals surface area (Å²) in [7, 11) is 0. The van der Waals surface area contributed by atoms with Gasteiger partial charge in [-0.2, -0.15) is 4.98 Å². The Kier molecular flexibility index (Phi) is 3.69. The zero-order valence-corrected chi connectivity index (χ0v) is 9.12. The van der Waals surface area contributed by atoms with Gasteiger partial charge in [-0.1, -0.05) is 5.16 Å². The monoisotopic (exact) mass is 210 g/mol. The second kappa shape index (κ2) is 5.23. The molecule has 2 N–H and O–H groups in total. The number of aryl methyl sites for hydroxylation is 1. The molecule has 2 rings (SSSR count). The molecule has 0 aliphatic carbocycles. The van der Waals surface area contributed by atoms with Crippen molar-refractivity contribution in [2.24, 2.45) is 0 Å². The molecular formula is C10H18N4O.